The van der Waals surface area contributed by atoms with E-state index in [-0.39, 0.29) is 6.04 Å². The van der Waals surface area contributed by atoms with E-state index in [1.54, 1.807) is 6.07 Å². The number of benzene rings is 1. The topological polar surface area (TPSA) is 23.5 Å². The fraction of sp³-hybridized carbons (Fsp3) is 0.467. The molecule has 0 aliphatic rings. The Morgan fingerprint density at radius 3 is 2.41 bits per heavy atom. The van der Waals surface area contributed by atoms with Gasteiger partial charge < -0.3 is 5.11 Å². The van der Waals surface area contributed by atoms with Gasteiger partial charge in [-0.05, 0) is 33.4 Å². The van der Waals surface area contributed by atoms with E-state index in [1.165, 1.54) is 0 Å². The Morgan fingerprint density at radius 1 is 1.29 bits per heavy atom. The molecule has 0 amide bonds. The number of hydrogen-bond acceptors (Lipinski definition) is 2. The first-order valence-corrected chi connectivity index (χ1v) is 6.28. The number of aromatic hydroxyl groups is 1. The molecule has 0 aliphatic carbocycles. The molecule has 0 heterocycles. The first-order valence-electron chi connectivity index (χ1n) is 6.28. The summed E-state index contributed by atoms with van der Waals surface area (Å²) in [5, 5.41) is 9.97. The van der Waals surface area contributed by atoms with Crippen LogP contribution in [-0.2, 0) is 0 Å². The molecule has 0 aliphatic heterocycles. The van der Waals surface area contributed by atoms with E-state index in [0.29, 0.717) is 11.8 Å². The standard InChI is InChI=1S/C15H23NO/c1-5-9-14(16(6-2)12(3)4)13-10-7-8-11-15(13)17/h5,7-12,14,17H,6H2,1-4H3/b9-5+/t14-/m1/s1. The van der Waals surface area contributed by atoms with Crippen molar-refractivity contribution in [3.63, 3.8) is 0 Å². The van der Waals surface area contributed by atoms with Gasteiger partial charge in [0.25, 0.3) is 0 Å². The number of hydrogen-bond donors (Lipinski definition) is 1. The predicted octanol–water partition coefficient (Wildman–Crippen LogP) is 3.74. The second kappa shape index (κ2) is 6.45. The smallest absolute Gasteiger partial charge is 0.120 e. The monoisotopic (exact) mass is 233 g/mol. The molecule has 2 nitrogen and oxygen atoms in total. The van der Waals surface area contributed by atoms with Gasteiger partial charge in [0.05, 0.1) is 6.04 Å². The van der Waals surface area contributed by atoms with Crippen LogP contribution < -0.4 is 0 Å². The predicted molar refractivity (Wildman–Crippen MR) is 73.2 cm³/mol. The van der Waals surface area contributed by atoms with Crippen LogP contribution >= 0.6 is 0 Å². The number of rotatable bonds is 5. The Kier molecular flexibility index (Phi) is 5.23. The molecule has 94 valence electrons. The first-order chi connectivity index (χ1) is 8.11. The maximum Gasteiger partial charge on any atom is 0.120 e. The minimum absolute atomic E-state index is 0.145. The minimum atomic E-state index is 0.145. The first kappa shape index (κ1) is 13.8. The Hall–Kier alpha value is -1.28. The van der Waals surface area contributed by atoms with Gasteiger partial charge in [-0.2, -0.15) is 0 Å². The fourth-order valence-electron chi connectivity index (χ4n) is 2.20. The number of para-hydroxylation sites is 1. The third kappa shape index (κ3) is 3.34. The van der Waals surface area contributed by atoms with Gasteiger partial charge in [-0.3, -0.25) is 4.90 Å². The van der Waals surface area contributed by atoms with Crippen LogP contribution in [0.1, 0.15) is 39.3 Å². The largest absolute Gasteiger partial charge is 0.508 e. The molecule has 0 saturated heterocycles. The fourth-order valence-corrected chi connectivity index (χ4v) is 2.20. The van der Waals surface area contributed by atoms with Crippen LogP contribution in [0.2, 0.25) is 0 Å². The lowest BCUT2D eigenvalue weighted by molar-refractivity contribution is 0.190. The maximum atomic E-state index is 9.97. The van der Waals surface area contributed by atoms with Crippen molar-refractivity contribution in [3.05, 3.63) is 42.0 Å². The third-order valence-corrected chi connectivity index (χ3v) is 3.02. The number of likely N-dealkylation sites (N-methyl/N-ethyl adjacent to an activating group) is 1. The van der Waals surface area contributed by atoms with E-state index in [4.69, 9.17) is 0 Å². The summed E-state index contributed by atoms with van der Waals surface area (Å²) in [5.74, 6) is 0.370. The summed E-state index contributed by atoms with van der Waals surface area (Å²) in [6, 6.07) is 8.16. The summed E-state index contributed by atoms with van der Waals surface area (Å²) in [4.78, 5) is 2.36. The molecule has 17 heavy (non-hydrogen) atoms. The highest BCUT2D eigenvalue weighted by Crippen LogP contribution is 2.30. The third-order valence-electron chi connectivity index (χ3n) is 3.02. The normalized spacial score (nSPS) is 13.8. The van der Waals surface area contributed by atoms with Crippen LogP contribution in [0.3, 0.4) is 0 Å². The summed E-state index contributed by atoms with van der Waals surface area (Å²) in [5.41, 5.74) is 0.973. The van der Waals surface area contributed by atoms with Crippen LogP contribution in [0.15, 0.2) is 36.4 Å². The molecular formula is C15H23NO. The van der Waals surface area contributed by atoms with E-state index in [0.717, 1.165) is 12.1 Å². The van der Waals surface area contributed by atoms with Crippen molar-refractivity contribution >= 4 is 0 Å². The van der Waals surface area contributed by atoms with Crippen molar-refractivity contribution in [2.24, 2.45) is 0 Å². The van der Waals surface area contributed by atoms with Gasteiger partial charge in [0.1, 0.15) is 5.75 Å². The van der Waals surface area contributed by atoms with Crippen molar-refractivity contribution in [3.8, 4) is 5.75 Å². The van der Waals surface area contributed by atoms with Crippen LogP contribution in [0.4, 0.5) is 0 Å². The molecular weight excluding hydrogens is 210 g/mol. The van der Waals surface area contributed by atoms with Crippen molar-refractivity contribution in [2.45, 2.75) is 39.8 Å². The molecule has 2 heteroatoms. The van der Waals surface area contributed by atoms with Gasteiger partial charge >= 0.3 is 0 Å². The Morgan fingerprint density at radius 2 is 1.94 bits per heavy atom. The van der Waals surface area contributed by atoms with Crippen LogP contribution in [0, 0.1) is 0 Å². The Labute approximate surface area is 105 Å². The van der Waals surface area contributed by atoms with E-state index >= 15 is 0 Å². The zero-order valence-electron chi connectivity index (χ0n) is 11.2. The molecule has 1 aromatic carbocycles. The molecule has 0 spiro atoms. The molecule has 0 radical (unpaired) electrons. The van der Waals surface area contributed by atoms with E-state index in [9.17, 15) is 5.11 Å². The van der Waals surface area contributed by atoms with Gasteiger partial charge in [0.2, 0.25) is 0 Å². The molecule has 1 rings (SSSR count). The van der Waals surface area contributed by atoms with Crippen LogP contribution in [-0.4, -0.2) is 22.6 Å². The zero-order valence-corrected chi connectivity index (χ0v) is 11.2. The maximum absolute atomic E-state index is 9.97. The highest BCUT2D eigenvalue weighted by atomic mass is 16.3. The summed E-state index contributed by atoms with van der Waals surface area (Å²) < 4.78 is 0. The Balaban J connectivity index is 3.13. The van der Waals surface area contributed by atoms with Gasteiger partial charge in [0.15, 0.2) is 0 Å². The summed E-state index contributed by atoms with van der Waals surface area (Å²) in [6.45, 7) is 9.48. The molecule has 1 N–H and O–H groups in total. The van der Waals surface area contributed by atoms with Crippen molar-refractivity contribution in [2.75, 3.05) is 6.54 Å². The number of nitrogens with zero attached hydrogens (tertiary/aromatic N) is 1. The summed E-state index contributed by atoms with van der Waals surface area (Å²) in [7, 11) is 0. The molecule has 1 aromatic rings. The minimum Gasteiger partial charge on any atom is -0.508 e. The van der Waals surface area contributed by atoms with Gasteiger partial charge in [-0.25, -0.2) is 0 Å². The lowest BCUT2D eigenvalue weighted by Crippen LogP contribution is -2.33. The quantitative estimate of drug-likeness (QED) is 0.783. The van der Waals surface area contributed by atoms with E-state index < -0.39 is 0 Å². The SMILES string of the molecule is C/C=C/[C@H](c1ccccc1O)N(CC)C(C)C. The second-order valence-corrected chi connectivity index (χ2v) is 4.45. The highest BCUT2D eigenvalue weighted by Gasteiger charge is 2.20. The Bertz CT molecular complexity index is 371. The molecule has 0 saturated carbocycles. The van der Waals surface area contributed by atoms with Crippen molar-refractivity contribution in [1.29, 1.82) is 0 Å². The van der Waals surface area contributed by atoms with Gasteiger partial charge in [0, 0.05) is 11.6 Å². The lowest BCUT2D eigenvalue weighted by atomic mass is 10.0. The number of phenolic OH excluding ortho intramolecular Hbond substituents is 1. The average molecular weight is 233 g/mol. The van der Waals surface area contributed by atoms with Crippen molar-refractivity contribution in [1.82, 2.24) is 4.90 Å². The number of allylic oxidation sites excluding steroid dienone is 1. The van der Waals surface area contributed by atoms with Gasteiger partial charge in [-0.15, -0.1) is 0 Å². The number of phenols is 1. The molecule has 1 atom stereocenters. The van der Waals surface area contributed by atoms with Gasteiger partial charge in [-0.1, -0.05) is 37.3 Å². The molecule has 0 unspecified atom stereocenters. The zero-order chi connectivity index (χ0) is 12.8. The molecule has 0 fully saturated rings. The summed E-state index contributed by atoms with van der Waals surface area (Å²) >= 11 is 0. The highest BCUT2D eigenvalue weighted by molar-refractivity contribution is 5.36. The summed E-state index contributed by atoms with van der Waals surface area (Å²) in [6.07, 6.45) is 4.18. The average Bonchev–Trinajstić information content (AvgIpc) is 2.29. The second-order valence-electron chi connectivity index (χ2n) is 4.45. The van der Waals surface area contributed by atoms with Crippen molar-refractivity contribution < 1.29 is 5.11 Å². The van der Waals surface area contributed by atoms with E-state index in [2.05, 4.69) is 31.7 Å². The van der Waals surface area contributed by atoms with Crippen LogP contribution in [0.5, 0.6) is 5.75 Å². The molecule has 0 bridgehead atoms. The van der Waals surface area contributed by atoms with Crippen LogP contribution in [0.25, 0.3) is 0 Å². The lowest BCUT2D eigenvalue weighted by Gasteiger charge is -2.32. The van der Waals surface area contributed by atoms with E-state index in [1.807, 2.05) is 31.2 Å². The molecule has 0 aromatic heterocycles.